The van der Waals surface area contributed by atoms with E-state index in [9.17, 15) is 29.1 Å². The number of aryl methyl sites for hydroxylation is 1. The predicted molar refractivity (Wildman–Crippen MR) is 160 cm³/mol. The number of hydrogen-bond acceptors (Lipinski definition) is 11. The van der Waals surface area contributed by atoms with E-state index in [2.05, 4.69) is 38.9 Å². The molecule has 2 heterocycles. The van der Waals surface area contributed by atoms with Gasteiger partial charge in [0.05, 0.1) is 6.54 Å². The standard InChI is InChI=1S/C29H37N5O9S/c1-29(2,3)43-28(40)34-19(12-9-17-7-10-18(35)11-8-17)26(38)33-20(16-44)25(37)32-15-22(36)31-14-21-24(41-21)27(39)42-23-6-4-5-13-30-23/h4-8,10-11,13,19-21,24,35,44H,9,12,14-16H2,1-3H3,(H,31,36)(H,32,37)(H,33,38)(H,34,40). The number of epoxide rings is 1. The molecule has 4 amide bonds. The Balaban J connectivity index is 1.46. The van der Waals surface area contributed by atoms with Gasteiger partial charge in [0.2, 0.25) is 23.6 Å². The number of ether oxygens (including phenoxy) is 3. The molecule has 1 aliphatic heterocycles. The molecule has 44 heavy (non-hydrogen) atoms. The van der Waals surface area contributed by atoms with Crippen molar-refractivity contribution in [2.75, 3.05) is 18.8 Å². The summed E-state index contributed by atoms with van der Waals surface area (Å²) in [5.74, 6) is -2.36. The molecule has 14 nitrogen and oxygen atoms in total. The number of aromatic nitrogens is 1. The van der Waals surface area contributed by atoms with E-state index in [-0.39, 0.29) is 30.3 Å². The van der Waals surface area contributed by atoms with Gasteiger partial charge in [-0.15, -0.1) is 0 Å². The number of amides is 4. The fraction of sp³-hybridized carbons (Fsp3) is 0.448. The summed E-state index contributed by atoms with van der Waals surface area (Å²) in [6.45, 7) is 4.66. The van der Waals surface area contributed by atoms with Gasteiger partial charge < -0.3 is 40.6 Å². The van der Waals surface area contributed by atoms with E-state index in [1.54, 1.807) is 45.0 Å². The van der Waals surface area contributed by atoms with Gasteiger partial charge in [-0.1, -0.05) is 18.2 Å². The summed E-state index contributed by atoms with van der Waals surface area (Å²) in [5.41, 5.74) is 0.0140. The number of hydrogen-bond donors (Lipinski definition) is 6. The monoisotopic (exact) mass is 631 g/mol. The van der Waals surface area contributed by atoms with Crippen molar-refractivity contribution in [3.05, 3.63) is 54.2 Å². The molecule has 0 saturated carbocycles. The number of phenols is 1. The SMILES string of the molecule is CC(C)(C)OC(=O)NC(CCc1ccc(O)cc1)C(=O)NC(CS)C(=O)NCC(=O)NCC1OC1C(=O)Oc1ccccn1. The first-order valence-electron chi connectivity index (χ1n) is 13.9. The summed E-state index contributed by atoms with van der Waals surface area (Å²) in [6, 6.07) is 9.09. The lowest BCUT2D eigenvalue weighted by atomic mass is 10.0. The van der Waals surface area contributed by atoms with Gasteiger partial charge in [-0.3, -0.25) is 14.4 Å². The minimum Gasteiger partial charge on any atom is -0.508 e. The molecule has 1 aromatic carbocycles. The van der Waals surface area contributed by atoms with Crippen molar-refractivity contribution in [2.24, 2.45) is 0 Å². The summed E-state index contributed by atoms with van der Waals surface area (Å²) in [6.07, 6.45) is -0.209. The molecule has 1 aromatic heterocycles. The zero-order chi connectivity index (χ0) is 32.3. The van der Waals surface area contributed by atoms with E-state index in [4.69, 9.17) is 14.2 Å². The molecule has 1 fully saturated rings. The molecule has 1 saturated heterocycles. The number of benzene rings is 1. The maximum atomic E-state index is 13.1. The molecule has 2 aromatic rings. The van der Waals surface area contributed by atoms with Gasteiger partial charge in [0.25, 0.3) is 0 Å². The largest absolute Gasteiger partial charge is 0.508 e. The smallest absolute Gasteiger partial charge is 0.408 e. The van der Waals surface area contributed by atoms with E-state index in [0.717, 1.165) is 5.56 Å². The topological polar surface area (TPSA) is 198 Å². The van der Waals surface area contributed by atoms with Crippen LogP contribution in [0.15, 0.2) is 48.7 Å². The molecule has 5 N–H and O–H groups in total. The molecule has 238 valence electrons. The number of nitrogens with zero attached hydrogens (tertiary/aromatic N) is 1. The molecule has 0 aliphatic carbocycles. The number of thiol groups is 1. The predicted octanol–water partition coefficient (Wildman–Crippen LogP) is 0.633. The molecule has 4 atom stereocenters. The Morgan fingerprint density at radius 3 is 2.36 bits per heavy atom. The third kappa shape index (κ3) is 11.7. The zero-order valence-electron chi connectivity index (χ0n) is 24.6. The first-order chi connectivity index (χ1) is 20.8. The van der Waals surface area contributed by atoms with E-state index in [1.807, 2.05) is 0 Å². The van der Waals surface area contributed by atoms with Crippen LogP contribution in [0.4, 0.5) is 4.79 Å². The number of pyridine rings is 1. The Labute approximate surface area is 260 Å². The van der Waals surface area contributed by atoms with Crippen LogP contribution in [0.3, 0.4) is 0 Å². The second-order valence-corrected chi connectivity index (χ2v) is 11.2. The molecular formula is C29H37N5O9S. The third-order valence-electron chi connectivity index (χ3n) is 6.06. The van der Waals surface area contributed by atoms with E-state index in [1.165, 1.54) is 24.4 Å². The lowest BCUT2D eigenvalue weighted by Gasteiger charge is -2.25. The molecule has 0 spiro atoms. The van der Waals surface area contributed by atoms with E-state index < -0.39 is 66.2 Å². The molecule has 4 unspecified atom stereocenters. The van der Waals surface area contributed by atoms with Crippen LogP contribution in [0.5, 0.6) is 11.6 Å². The summed E-state index contributed by atoms with van der Waals surface area (Å²) in [4.78, 5) is 66.6. The van der Waals surface area contributed by atoms with Gasteiger partial charge in [0.15, 0.2) is 6.10 Å². The highest BCUT2D eigenvalue weighted by Crippen LogP contribution is 2.23. The van der Waals surface area contributed by atoms with Gasteiger partial charge >= 0.3 is 12.1 Å². The lowest BCUT2D eigenvalue weighted by Crippen LogP contribution is -2.55. The molecule has 0 radical (unpaired) electrons. The molecule has 1 aliphatic rings. The fourth-order valence-electron chi connectivity index (χ4n) is 3.80. The minimum absolute atomic E-state index is 0.0163. The number of carbonyl (C=O) groups excluding carboxylic acids is 5. The number of aromatic hydroxyl groups is 1. The molecular weight excluding hydrogens is 594 g/mol. The maximum Gasteiger partial charge on any atom is 0.408 e. The van der Waals surface area contributed by atoms with Crippen LogP contribution in [-0.4, -0.2) is 88.6 Å². The minimum atomic E-state index is -1.12. The van der Waals surface area contributed by atoms with E-state index in [0.29, 0.717) is 6.42 Å². The first-order valence-corrected chi connectivity index (χ1v) is 14.5. The zero-order valence-corrected chi connectivity index (χ0v) is 25.5. The Hall–Kier alpha value is -4.37. The van der Waals surface area contributed by atoms with Crippen molar-refractivity contribution in [1.29, 1.82) is 0 Å². The highest BCUT2D eigenvalue weighted by molar-refractivity contribution is 7.80. The van der Waals surface area contributed by atoms with Gasteiger partial charge in [-0.25, -0.2) is 14.6 Å². The average Bonchev–Trinajstić information content (AvgIpc) is 3.76. The summed E-state index contributed by atoms with van der Waals surface area (Å²) < 4.78 is 15.6. The van der Waals surface area contributed by atoms with Crippen LogP contribution in [-0.2, 0) is 35.1 Å². The quantitative estimate of drug-likeness (QED) is 0.0977. The number of rotatable bonds is 14. The summed E-state index contributed by atoms with van der Waals surface area (Å²) >= 11 is 4.15. The van der Waals surface area contributed by atoms with Crippen LogP contribution < -0.4 is 26.0 Å². The fourth-order valence-corrected chi connectivity index (χ4v) is 4.06. The van der Waals surface area contributed by atoms with Crippen molar-refractivity contribution >= 4 is 42.4 Å². The van der Waals surface area contributed by atoms with Crippen LogP contribution >= 0.6 is 12.6 Å². The first kappa shape index (κ1) is 34.1. The average molecular weight is 632 g/mol. The number of esters is 1. The van der Waals surface area contributed by atoms with E-state index >= 15 is 0 Å². The number of phenolic OH excluding ortho intramolecular Hbond substituents is 1. The lowest BCUT2D eigenvalue weighted by molar-refractivity contribution is -0.136. The highest BCUT2D eigenvalue weighted by atomic mass is 32.1. The Morgan fingerprint density at radius 1 is 1.00 bits per heavy atom. The molecule has 3 rings (SSSR count). The van der Waals surface area contributed by atoms with Crippen molar-refractivity contribution in [3.8, 4) is 11.6 Å². The third-order valence-corrected chi connectivity index (χ3v) is 6.43. The summed E-state index contributed by atoms with van der Waals surface area (Å²) in [5, 5.41) is 19.6. The second-order valence-electron chi connectivity index (χ2n) is 10.9. The normalized spacial score (nSPS) is 16.9. The van der Waals surface area contributed by atoms with Crippen LogP contribution in [0, 0.1) is 0 Å². The van der Waals surface area contributed by atoms with Crippen molar-refractivity contribution in [3.63, 3.8) is 0 Å². The van der Waals surface area contributed by atoms with Crippen molar-refractivity contribution < 1.29 is 43.3 Å². The number of carbonyl (C=O) groups is 5. The molecule has 15 heteroatoms. The number of alkyl carbamates (subject to hydrolysis) is 1. The Kier molecular flexibility index (Phi) is 12.3. The van der Waals surface area contributed by atoms with Crippen molar-refractivity contribution in [2.45, 2.75) is 63.5 Å². The van der Waals surface area contributed by atoms with Crippen LogP contribution in [0.1, 0.15) is 32.8 Å². The van der Waals surface area contributed by atoms with Crippen LogP contribution in [0.2, 0.25) is 0 Å². The Morgan fingerprint density at radius 2 is 1.73 bits per heavy atom. The summed E-state index contributed by atoms with van der Waals surface area (Å²) in [7, 11) is 0. The second kappa shape index (κ2) is 15.9. The van der Waals surface area contributed by atoms with Gasteiger partial charge in [-0.05, 0) is 57.4 Å². The van der Waals surface area contributed by atoms with Gasteiger partial charge in [-0.2, -0.15) is 12.6 Å². The number of nitrogens with one attached hydrogen (secondary N) is 4. The van der Waals surface area contributed by atoms with Crippen LogP contribution in [0.25, 0.3) is 0 Å². The van der Waals surface area contributed by atoms with Gasteiger partial charge in [0, 0.05) is 24.6 Å². The van der Waals surface area contributed by atoms with Crippen molar-refractivity contribution in [1.82, 2.24) is 26.3 Å². The van der Waals surface area contributed by atoms with Gasteiger partial charge in [0.1, 0.15) is 29.5 Å². The Bertz CT molecular complexity index is 1300. The molecule has 0 bridgehead atoms. The highest BCUT2D eigenvalue weighted by Gasteiger charge is 2.46. The maximum absolute atomic E-state index is 13.1.